The van der Waals surface area contributed by atoms with E-state index in [9.17, 15) is 12.8 Å². The van der Waals surface area contributed by atoms with Crippen LogP contribution in [0.1, 0.15) is 16.8 Å². The van der Waals surface area contributed by atoms with E-state index >= 15 is 0 Å². The highest BCUT2D eigenvalue weighted by molar-refractivity contribution is 7.89. The standard InChI is InChI=1S/C19H16FN5O2S/c20-16-5-1-3-14(9-16)13-25-28(26,27)17-6-2-4-15(10-17)12-24-19-18(11-21)22-7-8-23-19/h1-10,25H,12-13H2,(H,23,24). The number of benzene rings is 2. The maximum atomic E-state index is 13.2. The lowest BCUT2D eigenvalue weighted by atomic mass is 10.2. The van der Waals surface area contributed by atoms with Crippen LogP contribution in [0.4, 0.5) is 10.2 Å². The molecule has 3 rings (SSSR count). The summed E-state index contributed by atoms with van der Waals surface area (Å²) in [5.41, 5.74) is 1.36. The van der Waals surface area contributed by atoms with E-state index in [4.69, 9.17) is 5.26 Å². The molecule has 7 nitrogen and oxygen atoms in total. The van der Waals surface area contributed by atoms with Gasteiger partial charge in [-0.15, -0.1) is 0 Å². The zero-order valence-corrected chi connectivity index (χ0v) is 15.4. The fourth-order valence-corrected chi connectivity index (χ4v) is 3.55. The van der Waals surface area contributed by atoms with Gasteiger partial charge in [-0.05, 0) is 35.4 Å². The largest absolute Gasteiger partial charge is 0.364 e. The van der Waals surface area contributed by atoms with Crippen LogP contribution < -0.4 is 10.0 Å². The highest BCUT2D eigenvalue weighted by Gasteiger charge is 2.14. The maximum Gasteiger partial charge on any atom is 0.240 e. The lowest BCUT2D eigenvalue weighted by molar-refractivity contribution is 0.580. The molecular weight excluding hydrogens is 381 g/mol. The van der Waals surface area contributed by atoms with Gasteiger partial charge in [0.05, 0.1) is 4.90 Å². The second-order valence-corrected chi connectivity index (χ2v) is 7.59. The number of nitriles is 1. The van der Waals surface area contributed by atoms with Crippen LogP contribution in [0.3, 0.4) is 0 Å². The van der Waals surface area contributed by atoms with Crippen molar-refractivity contribution in [3.63, 3.8) is 0 Å². The number of hydrogen-bond donors (Lipinski definition) is 2. The van der Waals surface area contributed by atoms with E-state index < -0.39 is 15.8 Å². The third-order valence-corrected chi connectivity index (χ3v) is 5.23. The van der Waals surface area contributed by atoms with Gasteiger partial charge >= 0.3 is 0 Å². The van der Waals surface area contributed by atoms with E-state index in [2.05, 4.69) is 20.0 Å². The van der Waals surface area contributed by atoms with Gasteiger partial charge in [-0.25, -0.2) is 27.5 Å². The van der Waals surface area contributed by atoms with Crippen LogP contribution in [0.2, 0.25) is 0 Å². The number of nitrogens with zero attached hydrogens (tertiary/aromatic N) is 3. The van der Waals surface area contributed by atoms with Crippen LogP contribution in [0.25, 0.3) is 0 Å². The Bertz CT molecular complexity index is 1130. The van der Waals surface area contributed by atoms with Crippen LogP contribution in [0, 0.1) is 17.1 Å². The fourth-order valence-electron chi connectivity index (χ4n) is 2.47. The van der Waals surface area contributed by atoms with Crippen LogP contribution in [0.15, 0.2) is 65.8 Å². The minimum absolute atomic E-state index is 0.0201. The Balaban J connectivity index is 1.70. The van der Waals surface area contributed by atoms with Gasteiger partial charge in [0, 0.05) is 25.5 Å². The molecule has 2 N–H and O–H groups in total. The number of anilines is 1. The molecule has 0 aliphatic heterocycles. The van der Waals surface area contributed by atoms with Crippen molar-refractivity contribution in [2.24, 2.45) is 0 Å². The number of sulfonamides is 1. The topological polar surface area (TPSA) is 108 Å². The minimum atomic E-state index is -3.77. The molecule has 0 atom stereocenters. The Kier molecular flexibility index (Phi) is 5.93. The Morgan fingerprint density at radius 2 is 1.71 bits per heavy atom. The van der Waals surface area contributed by atoms with E-state index in [0.29, 0.717) is 16.9 Å². The molecule has 0 amide bonds. The Hall–Kier alpha value is -3.35. The van der Waals surface area contributed by atoms with Crippen molar-refractivity contribution >= 4 is 15.8 Å². The first-order valence-electron chi connectivity index (χ1n) is 8.26. The number of rotatable bonds is 7. The molecule has 1 aromatic heterocycles. The Labute approximate surface area is 161 Å². The van der Waals surface area contributed by atoms with Crippen molar-refractivity contribution < 1.29 is 12.8 Å². The van der Waals surface area contributed by atoms with Crippen molar-refractivity contribution in [3.8, 4) is 6.07 Å². The number of nitrogens with one attached hydrogen (secondary N) is 2. The van der Waals surface area contributed by atoms with Gasteiger partial charge < -0.3 is 5.32 Å². The van der Waals surface area contributed by atoms with Gasteiger partial charge in [0.2, 0.25) is 10.0 Å². The molecule has 28 heavy (non-hydrogen) atoms. The van der Waals surface area contributed by atoms with Crippen LogP contribution in [-0.4, -0.2) is 18.4 Å². The third kappa shape index (κ3) is 4.88. The van der Waals surface area contributed by atoms with E-state index in [1.807, 2.05) is 6.07 Å². The first kappa shape index (κ1) is 19.4. The summed E-state index contributed by atoms with van der Waals surface area (Å²) in [6.07, 6.45) is 2.88. The van der Waals surface area contributed by atoms with Crippen molar-refractivity contribution in [3.05, 3.63) is 83.6 Å². The number of halogens is 1. The molecule has 0 bridgehead atoms. The zero-order valence-electron chi connectivity index (χ0n) is 14.6. The summed E-state index contributed by atoms with van der Waals surface area (Å²) >= 11 is 0. The summed E-state index contributed by atoms with van der Waals surface area (Å²) in [7, 11) is -3.77. The molecule has 3 aromatic rings. The van der Waals surface area contributed by atoms with Gasteiger partial charge in [-0.2, -0.15) is 5.26 Å². The zero-order chi connectivity index (χ0) is 20.0. The minimum Gasteiger partial charge on any atom is -0.364 e. The van der Waals surface area contributed by atoms with Gasteiger partial charge in [0.25, 0.3) is 0 Å². The molecule has 0 aliphatic carbocycles. The molecule has 0 fully saturated rings. The second kappa shape index (κ2) is 8.56. The molecule has 0 radical (unpaired) electrons. The van der Waals surface area contributed by atoms with E-state index in [1.165, 1.54) is 42.7 Å². The highest BCUT2D eigenvalue weighted by atomic mass is 32.2. The van der Waals surface area contributed by atoms with Crippen molar-refractivity contribution in [1.29, 1.82) is 5.26 Å². The van der Waals surface area contributed by atoms with Gasteiger partial charge in [0.15, 0.2) is 11.5 Å². The van der Waals surface area contributed by atoms with E-state index in [1.54, 1.807) is 18.2 Å². The smallest absolute Gasteiger partial charge is 0.240 e. The van der Waals surface area contributed by atoms with Gasteiger partial charge in [-0.1, -0.05) is 24.3 Å². The molecule has 0 spiro atoms. The Morgan fingerprint density at radius 1 is 1.00 bits per heavy atom. The van der Waals surface area contributed by atoms with E-state index in [-0.39, 0.29) is 23.7 Å². The molecule has 0 unspecified atom stereocenters. The average Bonchev–Trinajstić information content (AvgIpc) is 2.71. The average molecular weight is 397 g/mol. The normalized spacial score (nSPS) is 11.0. The number of aromatic nitrogens is 2. The van der Waals surface area contributed by atoms with Crippen molar-refractivity contribution in [2.75, 3.05) is 5.32 Å². The molecule has 0 saturated carbocycles. The summed E-state index contributed by atoms with van der Waals surface area (Å²) in [4.78, 5) is 8.04. The molecule has 2 aromatic carbocycles. The van der Waals surface area contributed by atoms with Gasteiger partial charge in [0.1, 0.15) is 11.9 Å². The highest BCUT2D eigenvalue weighted by Crippen LogP contribution is 2.15. The van der Waals surface area contributed by atoms with Crippen molar-refractivity contribution in [1.82, 2.24) is 14.7 Å². The lowest BCUT2D eigenvalue weighted by Gasteiger charge is -2.10. The quantitative estimate of drug-likeness (QED) is 0.634. The summed E-state index contributed by atoms with van der Waals surface area (Å²) in [5.74, 6) is -0.104. The van der Waals surface area contributed by atoms with Crippen LogP contribution >= 0.6 is 0 Å². The fraction of sp³-hybridized carbons (Fsp3) is 0.105. The Morgan fingerprint density at radius 3 is 2.46 bits per heavy atom. The number of hydrogen-bond acceptors (Lipinski definition) is 6. The molecule has 1 heterocycles. The lowest BCUT2D eigenvalue weighted by Crippen LogP contribution is -2.23. The summed E-state index contributed by atoms with van der Waals surface area (Å²) in [6, 6.07) is 14.0. The van der Waals surface area contributed by atoms with E-state index in [0.717, 1.165) is 0 Å². The predicted molar refractivity (Wildman–Crippen MR) is 101 cm³/mol. The molecule has 0 saturated heterocycles. The summed E-state index contributed by atoms with van der Waals surface area (Å²) in [6.45, 7) is 0.244. The molecule has 0 aliphatic rings. The monoisotopic (exact) mass is 397 g/mol. The van der Waals surface area contributed by atoms with Crippen molar-refractivity contribution in [2.45, 2.75) is 18.0 Å². The molecule has 142 valence electrons. The summed E-state index contributed by atoms with van der Waals surface area (Å²) in [5, 5.41) is 12.0. The molecule has 9 heteroatoms. The molecular formula is C19H16FN5O2S. The van der Waals surface area contributed by atoms with Crippen LogP contribution in [0.5, 0.6) is 0 Å². The first-order chi connectivity index (χ1) is 13.5. The van der Waals surface area contributed by atoms with Crippen LogP contribution in [-0.2, 0) is 23.1 Å². The first-order valence-corrected chi connectivity index (χ1v) is 9.74. The summed E-state index contributed by atoms with van der Waals surface area (Å²) < 4.78 is 40.7. The third-order valence-electron chi connectivity index (χ3n) is 3.83. The predicted octanol–water partition coefficient (Wildman–Crippen LogP) is 2.58. The maximum absolute atomic E-state index is 13.2. The van der Waals surface area contributed by atoms with Gasteiger partial charge in [-0.3, -0.25) is 0 Å². The SMILES string of the molecule is N#Cc1nccnc1NCc1cccc(S(=O)(=O)NCc2cccc(F)c2)c1. The second-order valence-electron chi connectivity index (χ2n) is 5.82.